The van der Waals surface area contributed by atoms with Crippen molar-refractivity contribution in [3.8, 4) is 5.88 Å². The van der Waals surface area contributed by atoms with Crippen LogP contribution in [0.25, 0.3) is 0 Å². The van der Waals surface area contributed by atoms with Gasteiger partial charge < -0.3 is 9.84 Å². The first kappa shape index (κ1) is 13.5. The lowest BCUT2D eigenvalue weighted by molar-refractivity contribution is 0.0688. The number of carboxylic acids is 1. The number of benzene rings is 1. The molecule has 1 atom stereocenters. The van der Waals surface area contributed by atoms with Crippen molar-refractivity contribution >= 4 is 5.97 Å². The molecule has 1 aromatic heterocycles. The second-order valence-corrected chi connectivity index (χ2v) is 4.98. The van der Waals surface area contributed by atoms with E-state index in [2.05, 4.69) is 4.98 Å². The Balaban J connectivity index is 1.92. The third-order valence-corrected chi connectivity index (χ3v) is 3.66. The van der Waals surface area contributed by atoms with Gasteiger partial charge in [0.1, 0.15) is 11.7 Å². The van der Waals surface area contributed by atoms with Crippen molar-refractivity contribution in [3.05, 3.63) is 59.0 Å². The highest BCUT2D eigenvalue weighted by atomic mass is 19.1. The lowest BCUT2D eigenvalue weighted by atomic mass is 9.89. The van der Waals surface area contributed by atoms with Gasteiger partial charge in [-0.3, -0.25) is 0 Å². The zero-order valence-electron chi connectivity index (χ0n) is 11.3. The van der Waals surface area contributed by atoms with Crippen molar-refractivity contribution in [3.63, 3.8) is 0 Å². The van der Waals surface area contributed by atoms with E-state index in [1.807, 2.05) is 24.3 Å². The standard InChI is InChI=1S/C16H14FNO3/c17-14-12(16(19)20)8-9-18-15(14)21-13-7-3-5-10-4-1-2-6-11(10)13/h1-2,4,6,8-9,13H,3,5,7H2,(H,19,20). The van der Waals surface area contributed by atoms with E-state index in [1.54, 1.807) is 0 Å². The summed E-state index contributed by atoms with van der Waals surface area (Å²) in [4.78, 5) is 14.8. The molecule has 0 spiro atoms. The largest absolute Gasteiger partial charge is 0.478 e. The number of halogens is 1. The number of nitrogens with zero attached hydrogens (tertiary/aromatic N) is 1. The van der Waals surface area contributed by atoms with Gasteiger partial charge in [-0.2, -0.15) is 0 Å². The summed E-state index contributed by atoms with van der Waals surface area (Å²) in [5, 5.41) is 8.93. The van der Waals surface area contributed by atoms with Crippen LogP contribution in [-0.4, -0.2) is 16.1 Å². The van der Waals surface area contributed by atoms with Crippen LogP contribution in [-0.2, 0) is 6.42 Å². The van der Waals surface area contributed by atoms with Gasteiger partial charge in [0, 0.05) is 6.20 Å². The number of ether oxygens (including phenoxy) is 1. The molecule has 0 saturated heterocycles. The molecular formula is C16H14FNO3. The Labute approximate surface area is 121 Å². The van der Waals surface area contributed by atoms with E-state index in [0.29, 0.717) is 0 Å². The highest BCUT2D eigenvalue weighted by molar-refractivity contribution is 5.88. The van der Waals surface area contributed by atoms with Crippen molar-refractivity contribution in [1.82, 2.24) is 4.98 Å². The van der Waals surface area contributed by atoms with Crippen molar-refractivity contribution in [2.24, 2.45) is 0 Å². The summed E-state index contributed by atoms with van der Waals surface area (Å²) >= 11 is 0. The lowest BCUT2D eigenvalue weighted by Crippen LogP contribution is -2.17. The summed E-state index contributed by atoms with van der Waals surface area (Å²) in [6.45, 7) is 0. The lowest BCUT2D eigenvalue weighted by Gasteiger charge is -2.26. The van der Waals surface area contributed by atoms with Crippen molar-refractivity contribution < 1.29 is 19.0 Å². The van der Waals surface area contributed by atoms with E-state index < -0.39 is 17.3 Å². The number of hydrogen-bond acceptors (Lipinski definition) is 3. The highest BCUT2D eigenvalue weighted by Crippen LogP contribution is 2.34. The number of aromatic carboxylic acids is 1. The fourth-order valence-electron chi connectivity index (χ4n) is 2.64. The molecule has 1 heterocycles. The van der Waals surface area contributed by atoms with E-state index in [9.17, 15) is 9.18 Å². The summed E-state index contributed by atoms with van der Waals surface area (Å²) in [7, 11) is 0. The number of pyridine rings is 1. The molecule has 1 N–H and O–H groups in total. The van der Waals surface area contributed by atoms with Crippen LogP contribution in [0.3, 0.4) is 0 Å². The number of rotatable bonds is 3. The summed E-state index contributed by atoms with van der Waals surface area (Å²) in [6.07, 6.45) is 3.63. The molecule has 1 aromatic carbocycles. The highest BCUT2D eigenvalue weighted by Gasteiger charge is 2.24. The Morgan fingerprint density at radius 2 is 2.14 bits per heavy atom. The molecule has 2 aromatic rings. The first-order valence-corrected chi connectivity index (χ1v) is 6.79. The van der Waals surface area contributed by atoms with E-state index in [1.165, 1.54) is 11.8 Å². The summed E-state index contributed by atoms with van der Waals surface area (Å²) in [6, 6.07) is 8.99. The number of aromatic nitrogens is 1. The second kappa shape index (κ2) is 5.52. The first-order valence-electron chi connectivity index (χ1n) is 6.79. The van der Waals surface area contributed by atoms with Crippen LogP contribution in [0, 0.1) is 5.82 Å². The number of hydrogen-bond donors (Lipinski definition) is 1. The molecule has 0 saturated carbocycles. The van der Waals surface area contributed by atoms with E-state index in [4.69, 9.17) is 9.84 Å². The molecule has 4 nitrogen and oxygen atoms in total. The molecule has 0 aliphatic heterocycles. The Kier molecular flexibility index (Phi) is 3.56. The molecule has 0 fully saturated rings. The van der Waals surface area contributed by atoms with Crippen LogP contribution in [0.1, 0.15) is 40.4 Å². The zero-order valence-corrected chi connectivity index (χ0v) is 11.3. The number of carboxylic acid groups (broad SMARTS) is 1. The van der Waals surface area contributed by atoms with Crippen molar-refractivity contribution in [2.75, 3.05) is 0 Å². The summed E-state index contributed by atoms with van der Waals surface area (Å²) < 4.78 is 19.7. The summed E-state index contributed by atoms with van der Waals surface area (Å²) in [5.74, 6) is -2.51. The fraction of sp³-hybridized carbons (Fsp3) is 0.250. The Hall–Kier alpha value is -2.43. The van der Waals surface area contributed by atoms with Gasteiger partial charge in [0.05, 0.1) is 0 Å². The Morgan fingerprint density at radius 3 is 2.95 bits per heavy atom. The maximum absolute atomic E-state index is 14.1. The average molecular weight is 287 g/mol. The monoisotopic (exact) mass is 287 g/mol. The van der Waals surface area contributed by atoms with E-state index >= 15 is 0 Å². The molecule has 21 heavy (non-hydrogen) atoms. The van der Waals surface area contributed by atoms with Gasteiger partial charge in [-0.25, -0.2) is 14.2 Å². The van der Waals surface area contributed by atoms with Gasteiger partial charge in [0.15, 0.2) is 5.82 Å². The quantitative estimate of drug-likeness (QED) is 0.940. The minimum atomic E-state index is -1.33. The molecule has 0 bridgehead atoms. The topological polar surface area (TPSA) is 59.4 Å². The van der Waals surface area contributed by atoms with Gasteiger partial charge in [-0.1, -0.05) is 24.3 Å². The third kappa shape index (κ3) is 2.59. The number of aryl methyl sites for hydroxylation is 1. The number of carbonyl (C=O) groups is 1. The van der Waals surface area contributed by atoms with Crippen LogP contribution in [0.5, 0.6) is 5.88 Å². The SMILES string of the molecule is O=C(O)c1ccnc(OC2CCCc3ccccc32)c1F. The normalized spacial score (nSPS) is 17.1. The molecule has 1 unspecified atom stereocenters. The molecule has 0 amide bonds. The van der Waals surface area contributed by atoms with Gasteiger partial charge in [0.2, 0.25) is 0 Å². The van der Waals surface area contributed by atoms with Crippen LogP contribution < -0.4 is 4.74 Å². The molecule has 0 radical (unpaired) electrons. The van der Waals surface area contributed by atoms with Crippen molar-refractivity contribution in [1.29, 1.82) is 0 Å². The zero-order chi connectivity index (χ0) is 14.8. The third-order valence-electron chi connectivity index (χ3n) is 3.66. The van der Waals surface area contributed by atoms with Crippen molar-refractivity contribution in [2.45, 2.75) is 25.4 Å². The molecule has 3 rings (SSSR count). The predicted molar refractivity (Wildman–Crippen MR) is 73.9 cm³/mol. The maximum Gasteiger partial charge on any atom is 0.338 e. The molecular weight excluding hydrogens is 273 g/mol. The first-order chi connectivity index (χ1) is 10.2. The summed E-state index contributed by atoms with van der Waals surface area (Å²) in [5.41, 5.74) is 1.78. The minimum absolute atomic E-state index is 0.253. The maximum atomic E-state index is 14.1. The van der Waals surface area contributed by atoms with Gasteiger partial charge in [-0.15, -0.1) is 0 Å². The fourth-order valence-corrected chi connectivity index (χ4v) is 2.64. The Morgan fingerprint density at radius 1 is 1.33 bits per heavy atom. The molecule has 1 aliphatic rings. The van der Waals surface area contributed by atoms with Crippen LogP contribution in [0.15, 0.2) is 36.5 Å². The minimum Gasteiger partial charge on any atom is -0.478 e. The van der Waals surface area contributed by atoms with Gasteiger partial charge >= 0.3 is 5.97 Å². The van der Waals surface area contributed by atoms with Gasteiger partial charge in [-0.05, 0) is 36.5 Å². The molecule has 108 valence electrons. The van der Waals surface area contributed by atoms with E-state index in [0.717, 1.165) is 30.9 Å². The van der Waals surface area contributed by atoms with Gasteiger partial charge in [0.25, 0.3) is 5.88 Å². The molecule has 5 heteroatoms. The smallest absolute Gasteiger partial charge is 0.338 e. The number of fused-ring (bicyclic) bond motifs is 1. The van der Waals surface area contributed by atoms with Crippen LogP contribution >= 0.6 is 0 Å². The predicted octanol–water partition coefficient (Wildman–Crippen LogP) is 3.38. The average Bonchev–Trinajstić information content (AvgIpc) is 2.49. The van der Waals surface area contributed by atoms with E-state index in [-0.39, 0.29) is 12.0 Å². The van der Waals surface area contributed by atoms with Crippen LogP contribution in [0.2, 0.25) is 0 Å². The molecule has 1 aliphatic carbocycles. The Bertz CT molecular complexity index is 687. The van der Waals surface area contributed by atoms with Crippen LogP contribution in [0.4, 0.5) is 4.39 Å². The second-order valence-electron chi connectivity index (χ2n) is 4.98.